The zero-order valence-electron chi connectivity index (χ0n) is 67.9. The molecule has 1 aliphatic carbocycles. The van der Waals surface area contributed by atoms with Crippen LogP contribution in [0.1, 0.15) is 102 Å². The Morgan fingerprint density at radius 2 is 0.788 bits per heavy atom. The average molecular weight is 1560 g/mol. The summed E-state index contributed by atoms with van der Waals surface area (Å²) in [7, 11) is -6.20. The van der Waals surface area contributed by atoms with Crippen molar-refractivity contribution in [2.75, 3.05) is 4.90 Å². The van der Waals surface area contributed by atoms with Crippen molar-refractivity contribution >= 4 is 108 Å². The van der Waals surface area contributed by atoms with Crippen LogP contribution in [-0.2, 0) is 21.7 Å². The molecule has 0 atom stereocenters. The lowest BCUT2D eigenvalue weighted by Crippen LogP contribution is -2.74. The smallest absolute Gasteiger partial charge is 0.269 e. The molecule has 18 aromatic rings. The van der Waals surface area contributed by atoms with Crippen LogP contribution in [0.3, 0.4) is 0 Å². The monoisotopic (exact) mass is 1550 g/mol. The van der Waals surface area contributed by atoms with Gasteiger partial charge in [-0.15, -0.1) is 0 Å². The fraction of sp³-hybridized carbons (Fsp3) is 0.127. The number of aromatic nitrogens is 4. The van der Waals surface area contributed by atoms with Gasteiger partial charge in [0.25, 0.3) is 6.33 Å². The van der Waals surface area contributed by atoms with Crippen LogP contribution in [0.5, 0.6) is 11.5 Å². The van der Waals surface area contributed by atoms with E-state index in [1.165, 1.54) is 97.3 Å². The fourth-order valence-electron chi connectivity index (χ4n) is 20.8. The molecule has 15 aromatic carbocycles. The molecule has 6 nitrogen and oxygen atoms in total. The highest BCUT2D eigenvalue weighted by Crippen LogP contribution is 2.62. The fourth-order valence-corrected chi connectivity index (χ4v) is 30.4. The Kier molecular flexibility index (Phi) is 17.0. The van der Waals surface area contributed by atoms with Crippen molar-refractivity contribution in [1.29, 1.82) is 0 Å². The normalized spacial score (nSPS) is 14.8. The first-order valence-corrected chi connectivity index (χ1v) is 45.6. The van der Waals surface area contributed by atoms with Gasteiger partial charge in [-0.3, -0.25) is 13.7 Å². The van der Waals surface area contributed by atoms with Crippen molar-refractivity contribution in [3.8, 4) is 50.9 Å². The minimum atomic E-state index is -3.10. The van der Waals surface area contributed by atoms with Gasteiger partial charge in [-0.05, 0) is 181 Å². The quantitative estimate of drug-likeness (QED) is 0.0444. The van der Waals surface area contributed by atoms with Crippen molar-refractivity contribution in [1.82, 2.24) is 14.1 Å². The Balaban J connectivity index is 0.844. The van der Waals surface area contributed by atoms with Crippen LogP contribution in [0.15, 0.2) is 382 Å². The van der Waals surface area contributed by atoms with E-state index in [0.717, 1.165) is 85.5 Å². The van der Waals surface area contributed by atoms with Gasteiger partial charge in [0, 0.05) is 33.9 Å². The lowest BCUT2D eigenvalue weighted by molar-refractivity contribution is -0.571. The van der Waals surface area contributed by atoms with Crippen LogP contribution < -0.4 is 55.7 Å². The molecule has 0 fully saturated rings. The first-order chi connectivity index (χ1) is 57.5. The minimum absolute atomic E-state index is 0.00131. The van der Waals surface area contributed by atoms with Crippen molar-refractivity contribution in [3.05, 3.63) is 422 Å². The molecule has 570 valence electrons. The van der Waals surface area contributed by atoms with E-state index in [4.69, 9.17) is 9.72 Å². The van der Waals surface area contributed by atoms with Gasteiger partial charge in [0.2, 0.25) is 0 Å². The molecule has 118 heavy (non-hydrogen) atoms. The van der Waals surface area contributed by atoms with E-state index in [1.807, 2.05) is 0 Å². The van der Waals surface area contributed by atoms with Gasteiger partial charge < -0.3 is 9.64 Å². The van der Waals surface area contributed by atoms with E-state index in [2.05, 4.69) is 463 Å². The van der Waals surface area contributed by atoms with Crippen molar-refractivity contribution in [2.45, 2.75) is 89.9 Å². The molecule has 3 aromatic heterocycles. The number of rotatable bonds is 15. The van der Waals surface area contributed by atoms with Gasteiger partial charge in [-0.25, -0.2) is 4.98 Å². The van der Waals surface area contributed by atoms with Gasteiger partial charge in [0.15, 0.2) is 16.1 Å². The molecule has 0 unspecified atom stereocenters. The van der Waals surface area contributed by atoms with Gasteiger partial charge in [-0.2, -0.15) is 0 Å². The van der Waals surface area contributed by atoms with Crippen LogP contribution >= 0.6 is 0 Å². The van der Waals surface area contributed by atoms with E-state index in [1.54, 1.807) is 0 Å². The van der Waals surface area contributed by atoms with Crippen LogP contribution in [-0.4, -0.2) is 30.3 Å². The predicted octanol–water partition coefficient (Wildman–Crippen LogP) is 21.2. The highest BCUT2D eigenvalue weighted by Gasteiger charge is 2.49. The van der Waals surface area contributed by atoms with Gasteiger partial charge in [0.05, 0.1) is 50.5 Å². The standard InChI is InChI=1S/C110H91N5OSi2/c1-107(2)65-66-108(3,4)96-73-111-102(72-94(96)107)114-97-60-30-27-55-90(97)91-64-63-79(70-100(91)114)116-78-40-35-39-77(69-78)112-74-113(106-101(112)71-95-105-103(106)110(7,8)93-59-29-32-62-99(93)115(105)98-61-31-28-58-92(98)109(95,5)6)104-88(75-37-33-53-86(67-75)117(80-41-15-9-16-42-80,81-43-17-10-18-44-81)82-45-19-11-20-46-82)56-36-57-89(104)76-38-34-54-87(68-76)118(83-47-21-12-22-48-83,84-49-23-13-24-50-84)85-51-25-14-26-52-85/h9-64,67-73H,65-66H2,1-8H3. The summed E-state index contributed by atoms with van der Waals surface area (Å²) < 4.78 is 14.5. The molecule has 3 aliphatic rings. The highest BCUT2D eigenvalue weighted by atomic mass is 28.3. The third kappa shape index (κ3) is 11.2. The first kappa shape index (κ1) is 72.5. The maximum absolute atomic E-state index is 7.35. The maximum Gasteiger partial charge on any atom is 0.269 e. The van der Waals surface area contributed by atoms with E-state index in [0.29, 0.717) is 5.75 Å². The molecule has 8 heteroatoms. The molecule has 0 saturated carbocycles. The molecule has 0 N–H and O–H groups in total. The summed E-state index contributed by atoms with van der Waals surface area (Å²) in [6.07, 6.45) is 8.78. The van der Waals surface area contributed by atoms with E-state index in [-0.39, 0.29) is 10.8 Å². The molecule has 0 amide bonds. The number of hydrogen-bond acceptors (Lipinski definition) is 3. The Labute approximate surface area is 693 Å². The average Bonchev–Trinajstić information content (AvgIpc) is 1.16. The zero-order chi connectivity index (χ0) is 79.9. The van der Waals surface area contributed by atoms with Gasteiger partial charge in [0.1, 0.15) is 17.3 Å². The zero-order valence-corrected chi connectivity index (χ0v) is 69.9. The van der Waals surface area contributed by atoms with E-state index >= 15 is 0 Å². The lowest BCUT2D eigenvalue weighted by atomic mass is 9.64. The number of anilines is 3. The minimum Gasteiger partial charge on any atom is -0.458 e. The summed E-state index contributed by atoms with van der Waals surface area (Å²) in [5, 5.41) is 12.8. The first-order valence-electron chi connectivity index (χ1n) is 41.6. The number of para-hydroxylation sites is 4. The highest BCUT2D eigenvalue weighted by molar-refractivity contribution is 7.20. The summed E-state index contributed by atoms with van der Waals surface area (Å²) in [5.74, 6) is 2.34. The molecule has 0 bridgehead atoms. The van der Waals surface area contributed by atoms with Crippen molar-refractivity contribution < 1.29 is 9.30 Å². The largest absolute Gasteiger partial charge is 0.458 e. The van der Waals surface area contributed by atoms with Gasteiger partial charge >= 0.3 is 0 Å². The van der Waals surface area contributed by atoms with Crippen LogP contribution in [0, 0.1) is 6.33 Å². The number of hydrogen-bond donors (Lipinski definition) is 0. The molecule has 5 heterocycles. The van der Waals surface area contributed by atoms with E-state index in [9.17, 15) is 0 Å². The third-order valence-corrected chi connectivity index (χ3v) is 36.2. The summed E-state index contributed by atoms with van der Waals surface area (Å²) in [5.41, 5.74) is 20.8. The molecule has 0 saturated heterocycles. The Morgan fingerprint density at radius 1 is 0.347 bits per heavy atom. The Morgan fingerprint density at radius 3 is 1.32 bits per heavy atom. The lowest BCUT2D eigenvalue weighted by Gasteiger charge is -2.50. The van der Waals surface area contributed by atoms with Crippen molar-refractivity contribution in [3.63, 3.8) is 0 Å². The van der Waals surface area contributed by atoms with Crippen molar-refractivity contribution in [2.24, 2.45) is 0 Å². The molecular weight excluding hydrogens is 1460 g/mol. The summed E-state index contributed by atoms with van der Waals surface area (Å²) in [6.45, 7) is 19.3. The topological polar surface area (TPSA) is 39.1 Å². The summed E-state index contributed by atoms with van der Waals surface area (Å²) in [6, 6.07) is 141. The maximum atomic E-state index is 7.35. The molecular formula is C110H91N5OSi2. The molecule has 2 aliphatic heterocycles. The van der Waals surface area contributed by atoms with Crippen LogP contribution in [0.25, 0.3) is 72.3 Å². The van der Waals surface area contributed by atoms with Crippen LogP contribution in [0.4, 0.5) is 17.1 Å². The third-order valence-electron chi connectivity index (χ3n) is 26.7. The second-order valence-electron chi connectivity index (χ2n) is 35.0. The summed E-state index contributed by atoms with van der Waals surface area (Å²) in [4.78, 5) is 7.94. The number of benzene rings is 15. The second kappa shape index (κ2) is 27.7. The number of fused-ring (bicyclic) bond motifs is 10. The Hall–Kier alpha value is -13.2. The second-order valence-corrected chi connectivity index (χ2v) is 42.6. The number of pyridine rings is 1. The number of nitrogens with zero attached hydrogens (tertiary/aromatic N) is 5. The van der Waals surface area contributed by atoms with Crippen LogP contribution in [0.2, 0.25) is 0 Å². The SMILES string of the molecule is CC1(C)CCC(C)(C)c2cc(-n3c4ccccc4c4ccc(Oc5cccc(-n6[c-][n+](-c7c(-c8cccc([Si](c9ccccc9)(c9ccccc9)c9ccccc9)c8)cccc7-c7cccc([Si](c8ccccc8)(c8ccccc8)c8ccccc8)c7)c7c8c9c(cc76)C(C)(C)c6ccccc6N9c6ccccc6C8(C)C)c5)cc43)ncc21. The van der Waals surface area contributed by atoms with E-state index < -0.39 is 27.0 Å². The molecule has 0 spiro atoms. The molecule has 21 rings (SSSR count). The summed E-state index contributed by atoms with van der Waals surface area (Å²) >= 11 is 0. The predicted molar refractivity (Wildman–Crippen MR) is 495 cm³/mol. The number of ether oxygens (including phenoxy) is 1. The molecule has 0 radical (unpaired) electrons. The Bertz CT molecular complexity index is 6580. The van der Waals surface area contributed by atoms with Gasteiger partial charge in [-0.1, -0.05) is 365 Å². The number of imidazole rings is 1.